The minimum atomic E-state index is 0.0417. The Kier molecular flexibility index (Phi) is 7.13. The molecule has 0 aliphatic rings. The number of rotatable bonds is 9. The van der Waals surface area contributed by atoms with Crippen LogP contribution in [-0.2, 0) is 6.42 Å². The molecule has 0 unspecified atom stereocenters. The Bertz CT molecular complexity index is 933. The highest BCUT2D eigenvalue weighted by Gasteiger charge is 2.19. The van der Waals surface area contributed by atoms with Crippen LogP contribution >= 0.6 is 31.9 Å². The van der Waals surface area contributed by atoms with Crippen LogP contribution in [0, 0.1) is 0 Å². The average Bonchev–Trinajstić information content (AvgIpc) is 3.05. The van der Waals surface area contributed by atoms with Crippen LogP contribution in [0.4, 0.5) is 0 Å². The number of halogens is 2. The van der Waals surface area contributed by atoms with Crippen molar-refractivity contribution >= 4 is 43.2 Å². The molecular weight excluding hydrogens is 470 g/mol. The predicted octanol–water partition coefficient (Wildman–Crippen LogP) is 6.44. The highest BCUT2D eigenvalue weighted by Crippen LogP contribution is 2.29. The molecule has 3 nitrogen and oxygen atoms in total. The van der Waals surface area contributed by atoms with Crippen molar-refractivity contribution in [3.63, 3.8) is 0 Å². The SMILES string of the molecule is CCCCc1cc2ccccn2c1C(=O)c1ccc(OCCCBr)c(Br)c1. The van der Waals surface area contributed by atoms with Crippen LogP contribution in [-0.4, -0.2) is 22.1 Å². The molecule has 0 saturated carbocycles. The molecule has 0 saturated heterocycles. The molecule has 3 rings (SSSR count). The largest absolute Gasteiger partial charge is 0.492 e. The number of hydrogen-bond acceptors (Lipinski definition) is 2. The van der Waals surface area contributed by atoms with Crippen LogP contribution in [0.5, 0.6) is 5.75 Å². The maximum atomic E-state index is 13.3. The summed E-state index contributed by atoms with van der Waals surface area (Å²) in [4.78, 5) is 13.3. The first-order valence-electron chi connectivity index (χ1n) is 9.27. The highest BCUT2D eigenvalue weighted by molar-refractivity contribution is 9.10. The van der Waals surface area contributed by atoms with Gasteiger partial charge in [0.2, 0.25) is 5.78 Å². The van der Waals surface area contributed by atoms with Crippen molar-refractivity contribution in [2.24, 2.45) is 0 Å². The number of benzene rings is 1. The zero-order valence-corrected chi connectivity index (χ0v) is 18.6. The number of hydrogen-bond donors (Lipinski definition) is 0. The summed E-state index contributed by atoms with van der Waals surface area (Å²) in [5.74, 6) is 0.804. The van der Waals surface area contributed by atoms with Crippen molar-refractivity contribution in [1.29, 1.82) is 0 Å². The maximum Gasteiger partial charge on any atom is 0.210 e. The van der Waals surface area contributed by atoms with E-state index in [0.29, 0.717) is 12.2 Å². The van der Waals surface area contributed by atoms with Gasteiger partial charge in [-0.25, -0.2) is 0 Å². The Hall–Kier alpha value is -1.59. The molecule has 0 aliphatic heterocycles. The Morgan fingerprint density at radius 3 is 2.74 bits per heavy atom. The summed E-state index contributed by atoms with van der Waals surface area (Å²) < 4.78 is 8.56. The summed E-state index contributed by atoms with van der Waals surface area (Å²) >= 11 is 6.95. The molecule has 5 heteroatoms. The third-order valence-electron chi connectivity index (χ3n) is 4.50. The lowest BCUT2D eigenvalue weighted by Gasteiger charge is -2.10. The number of pyridine rings is 1. The number of alkyl halides is 1. The molecule has 0 bridgehead atoms. The van der Waals surface area contributed by atoms with Crippen LogP contribution in [0.15, 0.2) is 53.1 Å². The van der Waals surface area contributed by atoms with E-state index in [9.17, 15) is 4.79 Å². The van der Waals surface area contributed by atoms with Gasteiger partial charge in [0.1, 0.15) is 5.75 Å². The van der Waals surface area contributed by atoms with Gasteiger partial charge in [-0.3, -0.25) is 4.79 Å². The van der Waals surface area contributed by atoms with Gasteiger partial charge in [-0.05, 0) is 77.2 Å². The van der Waals surface area contributed by atoms with Gasteiger partial charge in [0.15, 0.2) is 0 Å². The molecule has 0 atom stereocenters. The molecule has 0 fully saturated rings. The minimum absolute atomic E-state index is 0.0417. The van der Waals surface area contributed by atoms with Crippen molar-refractivity contribution < 1.29 is 9.53 Å². The van der Waals surface area contributed by atoms with Gasteiger partial charge in [-0.1, -0.05) is 35.3 Å². The lowest BCUT2D eigenvalue weighted by molar-refractivity contribution is 0.103. The third kappa shape index (κ3) is 4.64. The number of aromatic nitrogens is 1. The fraction of sp³-hybridized carbons (Fsp3) is 0.318. The van der Waals surface area contributed by atoms with E-state index in [1.807, 2.05) is 47.0 Å². The number of carbonyl (C=O) groups excluding carboxylic acids is 1. The Labute approximate surface area is 177 Å². The molecular formula is C22H23Br2NO2. The zero-order chi connectivity index (χ0) is 19.2. The Morgan fingerprint density at radius 1 is 1.15 bits per heavy atom. The molecule has 0 N–H and O–H groups in total. The van der Waals surface area contributed by atoms with Gasteiger partial charge in [0.05, 0.1) is 16.8 Å². The molecule has 0 radical (unpaired) electrons. The second kappa shape index (κ2) is 9.56. The molecule has 3 aromatic rings. The molecule has 1 aromatic carbocycles. The van der Waals surface area contributed by atoms with Crippen molar-refractivity contribution in [3.8, 4) is 5.75 Å². The second-order valence-corrected chi connectivity index (χ2v) is 8.13. The molecule has 27 heavy (non-hydrogen) atoms. The van der Waals surface area contributed by atoms with Gasteiger partial charge in [-0.15, -0.1) is 0 Å². The van der Waals surface area contributed by atoms with Crippen molar-refractivity contribution in [3.05, 3.63) is 70.0 Å². The number of fused-ring (bicyclic) bond motifs is 1. The van der Waals surface area contributed by atoms with Crippen molar-refractivity contribution in [1.82, 2.24) is 4.40 Å². The summed E-state index contributed by atoms with van der Waals surface area (Å²) in [6.07, 6.45) is 5.98. The van der Waals surface area contributed by atoms with Crippen LogP contribution in [0.25, 0.3) is 5.52 Å². The average molecular weight is 493 g/mol. The van der Waals surface area contributed by atoms with Crippen LogP contribution in [0.3, 0.4) is 0 Å². The fourth-order valence-electron chi connectivity index (χ4n) is 3.12. The van der Waals surface area contributed by atoms with Crippen LogP contribution in [0.1, 0.15) is 47.8 Å². The normalized spacial score (nSPS) is 11.1. The molecule has 2 heterocycles. The predicted molar refractivity (Wildman–Crippen MR) is 117 cm³/mol. The van der Waals surface area contributed by atoms with Gasteiger partial charge in [-0.2, -0.15) is 0 Å². The lowest BCUT2D eigenvalue weighted by atomic mass is 10.0. The number of aryl methyl sites for hydroxylation is 1. The van der Waals surface area contributed by atoms with E-state index in [1.54, 1.807) is 0 Å². The maximum absolute atomic E-state index is 13.3. The highest BCUT2D eigenvalue weighted by atomic mass is 79.9. The van der Waals surface area contributed by atoms with Gasteiger partial charge < -0.3 is 9.14 Å². The van der Waals surface area contributed by atoms with E-state index < -0.39 is 0 Å². The number of carbonyl (C=O) groups is 1. The number of ether oxygens (including phenoxy) is 1. The first kappa shape index (κ1) is 20.2. The van der Waals surface area contributed by atoms with Gasteiger partial charge >= 0.3 is 0 Å². The first-order chi connectivity index (χ1) is 13.2. The summed E-state index contributed by atoms with van der Waals surface area (Å²) in [6, 6.07) is 13.7. The van der Waals surface area contributed by atoms with Gasteiger partial charge in [0, 0.05) is 22.6 Å². The second-order valence-electron chi connectivity index (χ2n) is 6.48. The molecule has 0 spiro atoms. The topological polar surface area (TPSA) is 30.7 Å². The van der Waals surface area contributed by atoms with E-state index in [-0.39, 0.29) is 5.78 Å². The first-order valence-corrected chi connectivity index (χ1v) is 11.2. The Balaban J connectivity index is 1.94. The standard InChI is InChI=1S/C22H23Br2NO2/c1-2-3-7-16-14-18-8-4-5-12-25(18)21(16)22(26)17-9-10-20(19(24)15-17)27-13-6-11-23/h4-5,8-10,12,14-15H,2-3,6-7,11,13H2,1H3. The quantitative estimate of drug-likeness (QED) is 0.195. The summed E-state index contributed by atoms with van der Waals surface area (Å²) in [6.45, 7) is 2.81. The summed E-state index contributed by atoms with van der Waals surface area (Å²) in [5, 5.41) is 0.906. The van der Waals surface area contributed by atoms with Crippen molar-refractivity contribution in [2.45, 2.75) is 32.6 Å². The van der Waals surface area contributed by atoms with E-state index in [1.165, 1.54) is 0 Å². The zero-order valence-electron chi connectivity index (χ0n) is 15.4. The monoisotopic (exact) mass is 491 g/mol. The van der Waals surface area contributed by atoms with E-state index in [0.717, 1.165) is 58.0 Å². The number of unbranched alkanes of at least 4 members (excludes halogenated alkanes) is 1. The lowest BCUT2D eigenvalue weighted by Crippen LogP contribution is -2.09. The van der Waals surface area contributed by atoms with E-state index in [2.05, 4.69) is 44.8 Å². The summed E-state index contributed by atoms with van der Waals surface area (Å²) in [5.41, 5.74) is 3.60. The molecule has 0 aliphatic carbocycles. The molecule has 0 amide bonds. The Morgan fingerprint density at radius 2 is 2.00 bits per heavy atom. The van der Waals surface area contributed by atoms with Crippen molar-refractivity contribution in [2.75, 3.05) is 11.9 Å². The van der Waals surface area contributed by atoms with E-state index in [4.69, 9.17) is 4.74 Å². The summed E-state index contributed by atoms with van der Waals surface area (Å²) in [7, 11) is 0. The van der Waals surface area contributed by atoms with E-state index >= 15 is 0 Å². The number of nitrogens with zero attached hydrogens (tertiary/aromatic N) is 1. The van der Waals surface area contributed by atoms with Gasteiger partial charge in [0.25, 0.3) is 0 Å². The minimum Gasteiger partial charge on any atom is -0.492 e. The van der Waals surface area contributed by atoms with Crippen LogP contribution < -0.4 is 4.74 Å². The third-order valence-corrected chi connectivity index (χ3v) is 5.68. The molecule has 2 aromatic heterocycles. The fourth-order valence-corrected chi connectivity index (χ4v) is 3.85. The smallest absolute Gasteiger partial charge is 0.210 e. The van der Waals surface area contributed by atoms with Crippen LogP contribution in [0.2, 0.25) is 0 Å². The number of ketones is 1. The molecule has 142 valence electrons.